The van der Waals surface area contributed by atoms with Gasteiger partial charge in [-0.1, -0.05) is 19.3 Å². The summed E-state index contributed by atoms with van der Waals surface area (Å²) in [5.74, 6) is 0.879. The van der Waals surface area contributed by atoms with E-state index in [4.69, 9.17) is 0 Å². The third-order valence-electron chi connectivity index (χ3n) is 3.92. The Morgan fingerprint density at radius 1 is 1.29 bits per heavy atom. The number of nitrogens with zero attached hydrogens (tertiary/aromatic N) is 2. The molecule has 2 atom stereocenters. The fourth-order valence-corrected chi connectivity index (χ4v) is 2.96. The van der Waals surface area contributed by atoms with Crippen LogP contribution in [-0.2, 0) is 6.54 Å². The Balaban J connectivity index is 1.75. The summed E-state index contributed by atoms with van der Waals surface area (Å²) in [6, 6.07) is 3.12. The van der Waals surface area contributed by atoms with Crippen molar-refractivity contribution in [2.24, 2.45) is 5.92 Å². The molecule has 1 N–H and O–H groups in total. The maximum atomic E-state index is 4.25. The van der Waals surface area contributed by atoms with E-state index in [-0.39, 0.29) is 0 Å². The number of nitrogens with one attached hydrogen (secondary N) is 1. The van der Waals surface area contributed by atoms with Crippen molar-refractivity contribution in [2.45, 2.75) is 64.6 Å². The van der Waals surface area contributed by atoms with Crippen LogP contribution in [0.2, 0.25) is 0 Å². The van der Waals surface area contributed by atoms with Gasteiger partial charge in [-0.15, -0.1) is 0 Å². The highest BCUT2D eigenvalue weighted by atomic mass is 15.3. The molecule has 0 amide bonds. The molecule has 1 heterocycles. The minimum absolute atomic E-state index is 0.492. The lowest BCUT2D eigenvalue weighted by Gasteiger charge is -2.30. The van der Waals surface area contributed by atoms with Crippen LogP contribution < -0.4 is 5.32 Å². The molecule has 1 saturated carbocycles. The zero-order valence-electron chi connectivity index (χ0n) is 11.1. The van der Waals surface area contributed by atoms with Crippen molar-refractivity contribution in [1.82, 2.24) is 15.1 Å². The molecule has 1 aromatic heterocycles. The first-order chi connectivity index (χ1) is 8.25. The van der Waals surface area contributed by atoms with Crippen molar-refractivity contribution >= 4 is 0 Å². The van der Waals surface area contributed by atoms with Crippen LogP contribution in [0.1, 0.15) is 46.0 Å². The van der Waals surface area contributed by atoms with Crippen molar-refractivity contribution in [3.63, 3.8) is 0 Å². The van der Waals surface area contributed by atoms with E-state index in [2.05, 4.69) is 24.3 Å². The molecule has 3 nitrogen and oxygen atoms in total. The van der Waals surface area contributed by atoms with Gasteiger partial charge in [0.2, 0.25) is 0 Å². The predicted molar refractivity (Wildman–Crippen MR) is 70.9 cm³/mol. The van der Waals surface area contributed by atoms with Crippen molar-refractivity contribution in [2.75, 3.05) is 0 Å². The highest BCUT2D eigenvalue weighted by Gasteiger charge is 2.21. The van der Waals surface area contributed by atoms with Gasteiger partial charge in [0.05, 0.1) is 6.54 Å². The second kappa shape index (κ2) is 6.20. The Kier molecular flexibility index (Phi) is 4.60. The summed E-state index contributed by atoms with van der Waals surface area (Å²) in [6.07, 6.45) is 11.0. The summed E-state index contributed by atoms with van der Waals surface area (Å²) in [5.41, 5.74) is 0. The lowest BCUT2D eigenvalue weighted by molar-refractivity contribution is 0.259. The van der Waals surface area contributed by atoms with Crippen LogP contribution in [0.4, 0.5) is 0 Å². The summed E-state index contributed by atoms with van der Waals surface area (Å²) in [4.78, 5) is 0. The van der Waals surface area contributed by atoms with Crippen molar-refractivity contribution in [3.8, 4) is 0 Å². The zero-order chi connectivity index (χ0) is 12.1. The predicted octanol–water partition coefficient (Wildman–Crippen LogP) is 2.83. The maximum Gasteiger partial charge on any atom is 0.0560 e. The Hall–Kier alpha value is -0.830. The summed E-state index contributed by atoms with van der Waals surface area (Å²) in [5, 5.41) is 7.98. The Bertz CT molecular complexity index is 301. The van der Waals surface area contributed by atoms with Gasteiger partial charge in [0.15, 0.2) is 0 Å². The Morgan fingerprint density at radius 2 is 2.06 bits per heavy atom. The number of rotatable bonds is 5. The molecule has 96 valence electrons. The van der Waals surface area contributed by atoms with E-state index in [9.17, 15) is 0 Å². The molecule has 0 saturated heterocycles. The van der Waals surface area contributed by atoms with Gasteiger partial charge < -0.3 is 5.32 Å². The van der Waals surface area contributed by atoms with Gasteiger partial charge in [0, 0.05) is 24.5 Å². The first-order valence-electron chi connectivity index (χ1n) is 6.99. The van der Waals surface area contributed by atoms with Crippen LogP contribution in [0.3, 0.4) is 0 Å². The molecule has 1 aliphatic carbocycles. The molecule has 17 heavy (non-hydrogen) atoms. The van der Waals surface area contributed by atoms with Crippen LogP contribution in [0.15, 0.2) is 18.5 Å². The molecule has 1 fully saturated rings. The molecule has 2 unspecified atom stereocenters. The smallest absolute Gasteiger partial charge is 0.0560 e. The summed E-state index contributed by atoms with van der Waals surface area (Å²) in [7, 11) is 0. The fourth-order valence-electron chi connectivity index (χ4n) is 2.96. The van der Waals surface area contributed by atoms with Gasteiger partial charge in [0.25, 0.3) is 0 Å². The first-order valence-corrected chi connectivity index (χ1v) is 6.99. The van der Waals surface area contributed by atoms with E-state index in [1.807, 2.05) is 23.1 Å². The molecule has 3 heteroatoms. The standard InChI is InChI=1S/C14H25N3/c1-12(11-17-10-6-9-15-17)16-13(2)14-7-4-3-5-8-14/h6,9-10,12-14,16H,3-5,7-8,11H2,1-2H3. The van der Waals surface area contributed by atoms with Crippen LogP contribution in [0, 0.1) is 5.92 Å². The third-order valence-corrected chi connectivity index (χ3v) is 3.92. The van der Waals surface area contributed by atoms with Crippen LogP contribution in [-0.4, -0.2) is 21.9 Å². The fraction of sp³-hybridized carbons (Fsp3) is 0.786. The molecule has 0 bridgehead atoms. The summed E-state index contributed by atoms with van der Waals surface area (Å²) in [6.45, 7) is 5.56. The average Bonchev–Trinajstić information content (AvgIpc) is 2.82. The molecule has 0 aliphatic heterocycles. The number of hydrogen-bond acceptors (Lipinski definition) is 2. The summed E-state index contributed by atoms with van der Waals surface area (Å²) >= 11 is 0. The zero-order valence-corrected chi connectivity index (χ0v) is 11.1. The third kappa shape index (κ3) is 3.84. The van der Waals surface area contributed by atoms with E-state index in [1.54, 1.807) is 0 Å². The largest absolute Gasteiger partial charge is 0.310 e. The quantitative estimate of drug-likeness (QED) is 0.850. The minimum atomic E-state index is 0.492. The van der Waals surface area contributed by atoms with Crippen molar-refractivity contribution < 1.29 is 0 Å². The van der Waals surface area contributed by atoms with Crippen LogP contribution in [0.5, 0.6) is 0 Å². The second-order valence-electron chi connectivity index (χ2n) is 5.48. The lowest BCUT2D eigenvalue weighted by atomic mass is 9.84. The van der Waals surface area contributed by atoms with E-state index in [1.165, 1.54) is 32.1 Å². The topological polar surface area (TPSA) is 29.9 Å². The van der Waals surface area contributed by atoms with E-state index >= 15 is 0 Å². The lowest BCUT2D eigenvalue weighted by Crippen LogP contribution is -2.42. The molecule has 1 aromatic rings. The van der Waals surface area contributed by atoms with Gasteiger partial charge in [-0.2, -0.15) is 5.10 Å². The van der Waals surface area contributed by atoms with E-state index in [0.717, 1.165) is 12.5 Å². The molecular weight excluding hydrogens is 210 g/mol. The van der Waals surface area contributed by atoms with Gasteiger partial charge in [-0.05, 0) is 38.7 Å². The highest BCUT2D eigenvalue weighted by Crippen LogP contribution is 2.26. The summed E-state index contributed by atoms with van der Waals surface area (Å²) < 4.78 is 2.01. The second-order valence-corrected chi connectivity index (χ2v) is 5.48. The van der Waals surface area contributed by atoms with Gasteiger partial charge >= 0.3 is 0 Å². The molecule has 0 spiro atoms. The van der Waals surface area contributed by atoms with Gasteiger partial charge in [-0.3, -0.25) is 4.68 Å². The van der Waals surface area contributed by atoms with Crippen molar-refractivity contribution in [3.05, 3.63) is 18.5 Å². The minimum Gasteiger partial charge on any atom is -0.310 e. The monoisotopic (exact) mass is 235 g/mol. The van der Waals surface area contributed by atoms with Crippen LogP contribution >= 0.6 is 0 Å². The molecular formula is C14H25N3. The van der Waals surface area contributed by atoms with Crippen molar-refractivity contribution in [1.29, 1.82) is 0 Å². The van der Waals surface area contributed by atoms with Gasteiger partial charge in [-0.25, -0.2) is 0 Å². The Labute approximate surface area is 105 Å². The highest BCUT2D eigenvalue weighted by molar-refractivity contribution is 4.81. The SMILES string of the molecule is CC(Cn1cccn1)NC(C)C1CCCCC1. The molecule has 0 aromatic carbocycles. The number of aromatic nitrogens is 2. The number of hydrogen-bond donors (Lipinski definition) is 1. The van der Waals surface area contributed by atoms with Crippen LogP contribution in [0.25, 0.3) is 0 Å². The average molecular weight is 235 g/mol. The van der Waals surface area contributed by atoms with Gasteiger partial charge in [0.1, 0.15) is 0 Å². The molecule has 2 rings (SSSR count). The maximum absolute atomic E-state index is 4.25. The molecule has 0 radical (unpaired) electrons. The Morgan fingerprint density at radius 3 is 2.71 bits per heavy atom. The van der Waals surface area contributed by atoms with E-state index < -0.39 is 0 Å². The first kappa shape index (κ1) is 12.6. The molecule has 1 aliphatic rings. The normalized spacial score (nSPS) is 21.3. The van der Waals surface area contributed by atoms with E-state index in [0.29, 0.717) is 12.1 Å².